The minimum atomic E-state index is -0.218. The van der Waals surface area contributed by atoms with Gasteiger partial charge in [0.2, 0.25) is 0 Å². The van der Waals surface area contributed by atoms with Gasteiger partial charge in [0.05, 0.1) is 0 Å². The molecule has 3 rings (SSSR count). The molecule has 0 saturated carbocycles. The number of urea groups is 1. The zero-order valence-corrected chi connectivity index (χ0v) is 14.1. The van der Waals surface area contributed by atoms with Gasteiger partial charge in [0.25, 0.3) is 5.91 Å². The summed E-state index contributed by atoms with van der Waals surface area (Å²) in [6.07, 6.45) is 2.99. The summed E-state index contributed by atoms with van der Waals surface area (Å²) in [6, 6.07) is -0.0588. The topological polar surface area (TPSA) is 94.2 Å². The smallest absolute Gasteiger partial charge is 0.323 e. The van der Waals surface area contributed by atoms with Crippen LogP contribution < -0.4 is 5.32 Å². The number of carbonyl (C=O) groups is 2. The van der Waals surface area contributed by atoms with Crippen molar-refractivity contribution in [3.63, 3.8) is 0 Å². The molecule has 9 heteroatoms. The van der Waals surface area contributed by atoms with Gasteiger partial charge in [-0.25, -0.2) is 4.79 Å². The van der Waals surface area contributed by atoms with Gasteiger partial charge in [-0.3, -0.25) is 10.1 Å². The van der Waals surface area contributed by atoms with Gasteiger partial charge in [-0.05, 0) is 31.9 Å². The molecular formula is C14H22N6O2S. The number of aromatic amines is 1. The van der Waals surface area contributed by atoms with Crippen molar-refractivity contribution in [2.75, 3.05) is 36.5 Å². The van der Waals surface area contributed by atoms with Crippen molar-refractivity contribution < 1.29 is 9.59 Å². The third-order valence-electron chi connectivity index (χ3n) is 4.21. The summed E-state index contributed by atoms with van der Waals surface area (Å²) in [6.45, 7) is 4.23. The van der Waals surface area contributed by atoms with E-state index in [1.54, 1.807) is 9.80 Å². The van der Waals surface area contributed by atoms with Crippen LogP contribution in [-0.2, 0) is 0 Å². The van der Waals surface area contributed by atoms with Crippen molar-refractivity contribution in [1.29, 1.82) is 0 Å². The van der Waals surface area contributed by atoms with E-state index < -0.39 is 0 Å². The lowest BCUT2D eigenvalue weighted by Gasteiger charge is -2.26. The second-order valence-corrected chi connectivity index (χ2v) is 7.07. The van der Waals surface area contributed by atoms with Crippen LogP contribution in [0, 0.1) is 0 Å². The first-order valence-electron chi connectivity index (χ1n) is 8.02. The van der Waals surface area contributed by atoms with E-state index in [-0.39, 0.29) is 29.5 Å². The van der Waals surface area contributed by atoms with E-state index in [9.17, 15) is 9.59 Å². The average molecular weight is 338 g/mol. The summed E-state index contributed by atoms with van der Waals surface area (Å²) in [5, 5.41) is 13.1. The highest BCUT2D eigenvalue weighted by Gasteiger charge is 2.28. The number of carbonyl (C=O) groups excluding carboxylic acids is 2. The second kappa shape index (κ2) is 7.20. The molecule has 23 heavy (non-hydrogen) atoms. The van der Waals surface area contributed by atoms with Gasteiger partial charge in [-0.1, -0.05) is 0 Å². The number of anilines is 1. The lowest BCUT2D eigenvalue weighted by Crippen LogP contribution is -2.42. The van der Waals surface area contributed by atoms with E-state index >= 15 is 0 Å². The first-order valence-corrected chi connectivity index (χ1v) is 9.17. The number of nitrogens with zero attached hydrogens (tertiary/aromatic N) is 4. The Morgan fingerprint density at radius 3 is 2.78 bits per heavy atom. The third kappa shape index (κ3) is 3.60. The van der Waals surface area contributed by atoms with Crippen molar-refractivity contribution in [2.24, 2.45) is 0 Å². The Balaban J connectivity index is 1.69. The summed E-state index contributed by atoms with van der Waals surface area (Å²) in [7, 11) is 0. The zero-order chi connectivity index (χ0) is 16.2. The normalized spacial score (nSPS) is 22.0. The Kier molecular flexibility index (Phi) is 5.04. The predicted octanol–water partition coefficient (Wildman–Crippen LogP) is 1.40. The molecule has 2 aliphatic heterocycles. The highest BCUT2D eigenvalue weighted by atomic mass is 32.2. The summed E-state index contributed by atoms with van der Waals surface area (Å²) < 4.78 is 0. The Hall–Kier alpha value is -1.77. The van der Waals surface area contributed by atoms with Crippen LogP contribution in [0.3, 0.4) is 0 Å². The molecule has 1 unspecified atom stereocenters. The van der Waals surface area contributed by atoms with E-state index in [1.165, 1.54) is 0 Å². The molecule has 8 nitrogen and oxygen atoms in total. The number of likely N-dealkylation sites (tertiary alicyclic amines) is 1. The van der Waals surface area contributed by atoms with Gasteiger partial charge in [-0.15, -0.1) is 10.2 Å². The van der Waals surface area contributed by atoms with Crippen LogP contribution in [-0.4, -0.2) is 74.3 Å². The molecule has 2 N–H and O–H groups in total. The zero-order valence-electron chi connectivity index (χ0n) is 13.2. The van der Waals surface area contributed by atoms with Crippen molar-refractivity contribution in [1.82, 2.24) is 25.2 Å². The lowest BCUT2D eigenvalue weighted by atomic mass is 10.3. The second-order valence-electron chi connectivity index (χ2n) is 5.92. The minimum absolute atomic E-state index is 0.159. The van der Waals surface area contributed by atoms with Crippen LogP contribution in [0.5, 0.6) is 0 Å². The number of H-pyrrole nitrogens is 1. The van der Waals surface area contributed by atoms with Crippen LogP contribution in [0.1, 0.15) is 36.7 Å². The maximum absolute atomic E-state index is 12.5. The number of amides is 3. The fraction of sp³-hybridized carbons (Fsp3) is 0.714. The van der Waals surface area contributed by atoms with E-state index in [2.05, 4.69) is 20.7 Å². The van der Waals surface area contributed by atoms with Crippen molar-refractivity contribution >= 4 is 29.5 Å². The number of thioether (sulfide) groups is 1. The molecule has 126 valence electrons. The molecule has 2 aliphatic rings. The molecule has 0 radical (unpaired) electrons. The van der Waals surface area contributed by atoms with Crippen LogP contribution in [0.2, 0.25) is 0 Å². The quantitative estimate of drug-likeness (QED) is 0.850. The largest absolute Gasteiger partial charge is 0.337 e. The van der Waals surface area contributed by atoms with Crippen LogP contribution >= 0.6 is 11.8 Å². The molecule has 1 atom stereocenters. The Bertz CT molecular complexity index is 571. The lowest BCUT2D eigenvalue weighted by molar-refractivity contribution is 0.0788. The van der Waals surface area contributed by atoms with Gasteiger partial charge < -0.3 is 9.80 Å². The number of hydrogen-bond donors (Lipinski definition) is 2. The molecule has 0 spiro atoms. The first kappa shape index (κ1) is 16.1. The molecule has 2 fully saturated rings. The fourth-order valence-electron chi connectivity index (χ4n) is 2.91. The maximum Gasteiger partial charge on any atom is 0.323 e. The maximum atomic E-state index is 12.5. The minimum Gasteiger partial charge on any atom is -0.337 e. The predicted molar refractivity (Wildman–Crippen MR) is 88.6 cm³/mol. The highest BCUT2D eigenvalue weighted by Crippen LogP contribution is 2.19. The Morgan fingerprint density at radius 1 is 1.22 bits per heavy atom. The molecular weight excluding hydrogens is 316 g/mol. The van der Waals surface area contributed by atoms with Crippen molar-refractivity contribution in [3.05, 3.63) is 5.69 Å². The molecule has 3 amide bonds. The molecule has 2 saturated heterocycles. The Morgan fingerprint density at radius 2 is 2.00 bits per heavy atom. The van der Waals surface area contributed by atoms with Crippen molar-refractivity contribution in [2.45, 2.75) is 32.2 Å². The molecule has 1 aromatic heterocycles. The van der Waals surface area contributed by atoms with E-state index in [0.29, 0.717) is 6.54 Å². The van der Waals surface area contributed by atoms with Crippen LogP contribution in [0.15, 0.2) is 0 Å². The standard InChI is InChI=1S/C14H22N6O2S/c1-10-9-23-8-4-7-20(10)14(22)15-12-11(16-18-17-12)13(21)19-5-2-3-6-19/h10H,2-9H2,1H3,(H2,15,16,17,18,22). The van der Waals surface area contributed by atoms with Crippen molar-refractivity contribution in [3.8, 4) is 0 Å². The number of hydrogen-bond acceptors (Lipinski definition) is 5. The monoisotopic (exact) mass is 338 g/mol. The number of rotatable bonds is 2. The van der Waals surface area contributed by atoms with Crippen LogP contribution in [0.4, 0.5) is 10.6 Å². The number of nitrogens with one attached hydrogen (secondary N) is 2. The van der Waals surface area contributed by atoms with Gasteiger partial charge in [0, 0.05) is 31.4 Å². The number of aromatic nitrogens is 3. The molecule has 0 aromatic carbocycles. The van der Waals surface area contributed by atoms with Crippen LogP contribution in [0.25, 0.3) is 0 Å². The summed E-state index contributed by atoms with van der Waals surface area (Å²) in [5.41, 5.74) is 0.192. The van der Waals surface area contributed by atoms with E-state index in [0.717, 1.165) is 43.9 Å². The van der Waals surface area contributed by atoms with Gasteiger partial charge in [0.1, 0.15) is 0 Å². The molecule has 1 aromatic rings. The fourth-order valence-corrected chi connectivity index (χ4v) is 3.93. The third-order valence-corrected chi connectivity index (χ3v) is 5.50. The SMILES string of the molecule is CC1CSCCCN1C(=O)Nc1n[nH]nc1C(=O)N1CCCC1. The van der Waals surface area contributed by atoms with E-state index in [4.69, 9.17) is 0 Å². The summed E-state index contributed by atoms with van der Waals surface area (Å²) in [5.74, 6) is 2.03. The van der Waals surface area contributed by atoms with Gasteiger partial charge >= 0.3 is 6.03 Å². The van der Waals surface area contributed by atoms with E-state index in [1.807, 2.05) is 18.7 Å². The molecule has 0 bridgehead atoms. The van der Waals surface area contributed by atoms with Gasteiger partial charge in [-0.2, -0.15) is 17.0 Å². The first-order chi connectivity index (χ1) is 11.2. The molecule has 3 heterocycles. The Labute approximate surface area is 139 Å². The summed E-state index contributed by atoms with van der Waals surface area (Å²) >= 11 is 1.86. The summed E-state index contributed by atoms with van der Waals surface area (Å²) in [4.78, 5) is 28.5. The highest BCUT2D eigenvalue weighted by molar-refractivity contribution is 7.99. The molecule has 0 aliphatic carbocycles. The average Bonchev–Trinajstić information content (AvgIpc) is 3.17. The van der Waals surface area contributed by atoms with Gasteiger partial charge in [0.15, 0.2) is 11.5 Å².